The van der Waals surface area contributed by atoms with Gasteiger partial charge in [-0.05, 0) is 42.5 Å². The van der Waals surface area contributed by atoms with Crippen LogP contribution in [0.25, 0.3) is 16.9 Å². The van der Waals surface area contributed by atoms with Gasteiger partial charge in [-0.3, -0.25) is 4.79 Å². The summed E-state index contributed by atoms with van der Waals surface area (Å²) in [5, 5.41) is 7.49. The summed E-state index contributed by atoms with van der Waals surface area (Å²) in [7, 11) is 3.11. The third kappa shape index (κ3) is 5.01. The molecule has 174 valence electrons. The van der Waals surface area contributed by atoms with Crippen molar-refractivity contribution < 1.29 is 23.4 Å². The minimum absolute atomic E-state index is 0.116. The maximum absolute atomic E-state index is 13.7. The molecule has 0 radical (unpaired) electrons. The molecule has 0 aliphatic rings. The molecule has 7 nitrogen and oxygen atoms in total. The molecule has 8 heteroatoms. The van der Waals surface area contributed by atoms with E-state index in [9.17, 15) is 9.18 Å². The molecular weight excluding hydrogens is 437 g/mol. The van der Waals surface area contributed by atoms with E-state index >= 15 is 0 Å². The maximum Gasteiger partial charge on any atom is 0.255 e. The first-order valence-electron chi connectivity index (χ1n) is 10.6. The van der Waals surface area contributed by atoms with Crippen molar-refractivity contribution in [3.05, 3.63) is 90.4 Å². The van der Waals surface area contributed by atoms with Gasteiger partial charge in [-0.15, -0.1) is 0 Å². The van der Waals surface area contributed by atoms with Crippen LogP contribution < -0.4 is 19.5 Å². The molecular formula is C26H24FN3O4. The van der Waals surface area contributed by atoms with Crippen molar-refractivity contribution in [2.75, 3.05) is 27.4 Å². The Labute approximate surface area is 196 Å². The summed E-state index contributed by atoms with van der Waals surface area (Å²) in [6.45, 7) is 0.306. The Bertz CT molecular complexity index is 1270. The van der Waals surface area contributed by atoms with E-state index in [1.807, 2.05) is 36.4 Å². The molecule has 0 aliphatic heterocycles. The normalized spacial score (nSPS) is 10.6. The maximum atomic E-state index is 13.7. The molecule has 0 atom stereocenters. The van der Waals surface area contributed by atoms with Gasteiger partial charge in [0, 0.05) is 11.8 Å². The van der Waals surface area contributed by atoms with Gasteiger partial charge in [-0.2, -0.15) is 5.10 Å². The van der Waals surface area contributed by atoms with Gasteiger partial charge >= 0.3 is 0 Å². The first-order valence-corrected chi connectivity index (χ1v) is 10.6. The van der Waals surface area contributed by atoms with Gasteiger partial charge in [-0.25, -0.2) is 9.07 Å². The quantitative estimate of drug-likeness (QED) is 0.372. The summed E-state index contributed by atoms with van der Waals surface area (Å²) in [6.07, 6.45) is 1.68. The Hall–Kier alpha value is -4.33. The lowest BCUT2D eigenvalue weighted by Gasteiger charge is -2.10. The zero-order chi connectivity index (χ0) is 23.9. The van der Waals surface area contributed by atoms with E-state index in [4.69, 9.17) is 14.2 Å². The Balaban J connectivity index is 1.58. The predicted octanol–water partition coefficient (Wildman–Crippen LogP) is 4.50. The number of carbonyl (C=O) groups excluding carboxylic acids is 1. The van der Waals surface area contributed by atoms with E-state index in [1.54, 1.807) is 49.4 Å². The Morgan fingerprint density at radius 1 is 0.941 bits per heavy atom. The van der Waals surface area contributed by atoms with Crippen LogP contribution in [-0.2, 0) is 0 Å². The number of amides is 1. The Kier molecular flexibility index (Phi) is 7.07. The van der Waals surface area contributed by atoms with Gasteiger partial charge in [0.2, 0.25) is 0 Å². The average molecular weight is 461 g/mol. The molecule has 1 N–H and O–H groups in total. The molecule has 3 aromatic carbocycles. The fourth-order valence-corrected chi connectivity index (χ4v) is 3.43. The number of nitrogens with zero attached hydrogens (tertiary/aromatic N) is 2. The molecule has 0 fully saturated rings. The lowest BCUT2D eigenvalue weighted by Crippen LogP contribution is -2.28. The second-order valence-corrected chi connectivity index (χ2v) is 7.28. The van der Waals surface area contributed by atoms with E-state index in [2.05, 4.69) is 10.4 Å². The van der Waals surface area contributed by atoms with Crippen LogP contribution in [0, 0.1) is 5.82 Å². The smallest absolute Gasteiger partial charge is 0.255 e. The highest BCUT2D eigenvalue weighted by Crippen LogP contribution is 2.33. The van der Waals surface area contributed by atoms with E-state index in [-0.39, 0.29) is 24.8 Å². The molecule has 34 heavy (non-hydrogen) atoms. The summed E-state index contributed by atoms with van der Waals surface area (Å²) in [6, 6.07) is 21.0. The van der Waals surface area contributed by atoms with Crippen LogP contribution in [0.3, 0.4) is 0 Å². The Morgan fingerprint density at radius 3 is 2.41 bits per heavy atom. The molecule has 0 saturated heterocycles. The molecule has 4 aromatic rings. The van der Waals surface area contributed by atoms with Crippen molar-refractivity contribution >= 4 is 5.91 Å². The number of para-hydroxylation sites is 2. The number of ether oxygens (including phenoxy) is 3. The monoisotopic (exact) mass is 461 g/mol. The molecule has 0 bridgehead atoms. The van der Waals surface area contributed by atoms with Crippen LogP contribution in [0.1, 0.15) is 10.4 Å². The topological polar surface area (TPSA) is 74.6 Å². The van der Waals surface area contributed by atoms with Gasteiger partial charge in [0.05, 0.1) is 32.0 Å². The van der Waals surface area contributed by atoms with Gasteiger partial charge in [0.1, 0.15) is 12.3 Å². The number of rotatable bonds is 9. The fraction of sp³-hybridized carbons (Fsp3) is 0.154. The molecule has 0 unspecified atom stereocenters. The van der Waals surface area contributed by atoms with Crippen LogP contribution in [0.2, 0.25) is 0 Å². The first kappa shape index (κ1) is 22.8. The van der Waals surface area contributed by atoms with Gasteiger partial charge in [0.15, 0.2) is 23.1 Å². The number of aromatic nitrogens is 2. The highest BCUT2D eigenvalue weighted by molar-refractivity contribution is 6.00. The highest BCUT2D eigenvalue weighted by atomic mass is 19.1. The highest BCUT2D eigenvalue weighted by Gasteiger charge is 2.20. The number of carbonyl (C=O) groups is 1. The molecule has 0 aliphatic carbocycles. The summed E-state index contributed by atoms with van der Waals surface area (Å²) >= 11 is 0. The van der Waals surface area contributed by atoms with Crippen LogP contribution in [-0.4, -0.2) is 43.1 Å². The third-order valence-electron chi connectivity index (χ3n) is 5.12. The van der Waals surface area contributed by atoms with Gasteiger partial charge < -0.3 is 19.5 Å². The standard InChI is InChI=1S/C26H24FN3O4/c1-32-23-13-12-18(16-24(23)33-2)25-20(17-30(29-25)19-8-4-3-5-9-19)26(31)28-14-15-34-22-11-7-6-10-21(22)27/h3-13,16-17H,14-15H2,1-2H3,(H,28,31). The van der Waals surface area contributed by atoms with Crippen molar-refractivity contribution in [1.82, 2.24) is 15.1 Å². The van der Waals surface area contributed by atoms with E-state index in [0.717, 1.165) is 5.69 Å². The second-order valence-electron chi connectivity index (χ2n) is 7.28. The van der Waals surface area contributed by atoms with E-state index in [1.165, 1.54) is 12.1 Å². The third-order valence-corrected chi connectivity index (χ3v) is 5.12. The summed E-state index contributed by atoms with van der Waals surface area (Å²) in [4.78, 5) is 13.1. The number of hydrogen-bond donors (Lipinski definition) is 1. The molecule has 4 rings (SSSR count). The number of methoxy groups -OCH3 is 2. The fourth-order valence-electron chi connectivity index (χ4n) is 3.43. The van der Waals surface area contributed by atoms with E-state index in [0.29, 0.717) is 28.3 Å². The lowest BCUT2D eigenvalue weighted by atomic mass is 10.1. The largest absolute Gasteiger partial charge is 0.493 e. The van der Waals surface area contributed by atoms with Crippen LogP contribution >= 0.6 is 0 Å². The summed E-state index contributed by atoms with van der Waals surface area (Å²) in [5.41, 5.74) is 2.37. The zero-order valence-corrected chi connectivity index (χ0v) is 18.8. The second kappa shape index (κ2) is 10.5. The van der Waals surface area contributed by atoms with Crippen molar-refractivity contribution in [3.8, 4) is 34.2 Å². The molecule has 1 amide bonds. The average Bonchev–Trinajstić information content (AvgIpc) is 3.33. The minimum atomic E-state index is -0.450. The van der Waals surface area contributed by atoms with Crippen molar-refractivity contribution in [2.24, 2.45) is 0 Å². The van der Waals surface area contributed by atoms with Gasteiger partial charge in [0.25, 0.3) is 5.91 Å². The Morgan fingerprint density at radius 2 is 1.68 bits per heavy atom. The minimum Gasteiger partial charge on any atom is -0.493 e. The van der Waals surface area contributed by atoms with Crippen molar-refractivity contribution in [1.29, 1.82) is 0 Å². The predicted molar refractivity (Wildman–Crippen MR) is 126 cm³/mol. The first-order chi connectivity index (χ1) is 16.6. The lowest BCUT2D eigenvalue weighted by molar-refractivity contribution is 0.0947. The molecule has 0 saturated carbocycles. The summed E-state index contributed by atoms with van der Waals surface area (Å²) in [5.74, 6) is 0.460. The van der Waals surface area contributed by atoms with Crippen LogP contribution in [0.15, 0.2) is 79.0 Å². The number of halogens is 1. The molecule has 1 aromatic heterocycles. The van der Waals surface area contributed by atoms with Crippen LogP contribution in [0.5, 0.6) is 17.2 Å². The zero-order valence-electron chi connectivity index (χ0n) is 18.8. The van der Waals surface area contributed by atoms with Crippen molar-refractivity contribution in [2.45, 2.75) is 0 Å². The number of nitrogens with one attached hydrogen (secondary N) is 1. The van der Waals surface area contributed by atoms with Crippen molar-refractivity contribution in [3.63, 3.8) is 0 Å². The van der Waals surface area contributed by atoms with Gasteiger partial charge in [-0.1, -0.05) is 30.3 Å². The van der Waals surface area contributed by atoms with Crippen LogP contribution in [0.4, 0.5) is 4.39 Å². The summed E-state index contributed by atoms with van der Waals surface area (Å²) < 4.78 is 31.5. The number of hydrogen-bond acceptors (Lipinski definition) is 5. The number of benzene rings is 3. The molecule has 0 spiro atoms. The SMILES string of the molecule is COc1ccc(-c2nn(-c3ccccc3)cc2C(=O)NCCOc2ccccc2F)cc1OC. The van der Waals surface area contributed by atoms with E-state index < -0.39 is 5.82 Å². The molecule has 1 heterocycles.